The molecule has 6 heteroatoms. The monoisotopic (exact) mass is 479 g/mol. The standard InChI is InChI=1S/C29H37NO5/c1-2-28(31)34-19-15-10-8-6-4-3-5-7-9-14-18-33-27-21-26-24(22-30-27)20-25(29(32)35-26)23-16-12-11-13-17-23/h11-13,16-17,20-22H,2-10,14-15,18-19H2,1H3. The topological polar surface area (TPSA) is 78.6 Å². The van der Waals surface area contributed by atoms with Gasteiger partial charge in [-0.1, -0.05) is 88.6 Å². The van der Waals surface area contributed by atoms with Crippen molar-refractivity contribution in [1.82, 2.24) is 4.98 Å². The van der Waals surface area contributed by atoms with E-state index in [-0.39, 0.29) is 11.6 Å². The molecule has 0 spiro atoms. The largest absolute Gasteiger partial charge is 0.478 e. The molecule has 35 heavy (non-hydrogen) atoms. The molecule has 0 saturated heterocycles. The Bertz CT molecular complexity index is 1090. The summed E-state index contributed by atoms with van der Waals surface area (Å²) in [5, 5.41) is 0.774. The highest BCUT2D eigenvalue weighted by atomic mass is 16.5. The highest BCUT2D eigenvalue weighted by molar-refractivity contribution is 5.81. The van der Waals surface area contributed by atoms with E-state index in [0.29, 0.717) is 36.7 Å². The number of ether oxygens (including phenoxy) is 2. The van der Waals surface area contributed by atoms with Crippen LogP contribution in [0, 0.1) is 0 Å². The molecule has 3 aromatic rings. The normalized spacial score (nSPS) is 11.0. The Labute approximate surface area is 207 Å². The van der Waals surface area contributed by atoms with Crippen LogP contribution in [0.4, 0.5) is 0 Å². The molecule has 0 radical (unpaired) electrons. The van der Waals surface area contributed by atoms with Gasteiger partial charge in [0.2, 0.25) is 5.88 Å². The van der Waals surface area contributed by atoms with Gasteiger partial charge in [-0.2, -0.15) is 0 Å². The van der Waals surface area contributed by atoms with Crippen LogP contribution in [0.5, 0.6) is 5.88 Å². The molecule has 2 aromatic heterocycles. The van der Waals surface area contributed by atoms with E-state index in [9.17, 15) is 9.59 Å². The SMILES string of the molecule is CCC(=O)OCCCCCCCCCCCCOc1cc2oc(=O)c(-c3ccccc3)cc2cn1. The van der Waals surface area contributed by atoms with Crippen LogP contribution in [0.3, 0.4) is 0 Å². The number of hydrogen-bond donors (Lipinski definition) is 0. The Kier molecular flexibility index (Phi) is 11.3. The third-order valence-electron chi connectivity index (χ3n) is 6.02. The van der Waals surface area contributed by atoms with Crippen molar-refractivity contribution in [2.45, 2.75) is 77.6 Å². The fraction of sp³-hybridized carbons (Fsp3) is 0.483. The number of carbonyl (C=O) groups excluding carboxylic acids is 1. The molecule has 0 saturated carbocycles. The van der Waals surface area contributed by atoms with Gasteiger partial charge in [-0.3, -0.25) is 4.79 Å². The zero-order valence-electron chi connectivity index (χ0n) is 20.8. The van der Waals surface area contributed by atoms with Crippen molar-refractivity contribution in [3.8, 4) is 17.0 Å². The molecular formula is C29H37NO5. The quantitative estimate of drug-likeness (QED) is 0.161. The predicted octanol–water partition coefficient (Wildman–Crippen LogP) is 7.09. The number of nitrogens with zero attached hydrogens (tertiary/aromatic N) is 1. The van der Waals surface area contributed by atoms with Crippen molar-refractivity contribution in [3.63, 3.8) is 0 Å². The summed E-state index contributed by atoms with van der Waals surface area (Å²) >= 11 is 0. The lowest BCUT2D eigenvalue weighted by Crippen LogP contribution is -2.03. The van der Waals surface area contributed by atoms with Crippen LogP contribution in [0.2, 0.25) is 0 Å². The zero-order valence-corrected chi connectivity index (χ0v) is 20.8. The van der Waals surface area contributed by atoms with E-state index in [0.717, 1.165) is 36.6 Å². The summed E-state index contributed by atoms with van der Waals surface area (Å²) < 4.78 is 16.4. The summed E-state index contributed by atoms with van der Waals surface area (Å²) in [5.41, 5.74) is 1.48. The minimum absolute atomic E-state index is 0.102. The fourth-order valence-electron chi connectivity index (χ4n) is 3.98. The molecule has 0 bridgehead atoms. The van der Waals surface area contributed by atoms with Crippen molar-refractivity contribution in [3.05, 3.63) is 59.1 Å². The van der Waals surface area contributed by atoms with Gasteiger partial charge < -0.3 is 13.9 Å². The smallest absolute Gasteiger partial charge is 0.344 e. The maximum absolute atomic E-state index is 12.4. The first kappa shape index (κ1) is 26.5. The van der Waals surface area contributed by atoms with Crippen molar-refractivity contribution in [2.24, 2.45) is 0 Å². The highest BCUT2D eigenvalue weighted by Gasteiger charge is 2.09. The van der Waals surface area contributed by atoms with Crippen molar-refractivity contribution in [2.75, 3.05) is 13.2 Å². The van der Waals surface area contributed by atoms with Gasteiger partial charge in [-0.25, -0.2) is 9.78 Å². The lowest BCUT2D eigenvalue weighted by atomic mass is 10.1. The number of pyridine rings is 1. The van der Waals surface area contributed by atoms with Gasteiger partial charge in [0, 0.05) is 24.1 Å². The van der Waals surface area contributed by atoms with Gasteiger partial charge in [0.1, 0.15) is 5.58 Å². The van der Waals surface area contributed by atoms with Crippen molar-refractivity contribution in [1.29, 1.82) is 0 Å². The third-order valence-corrected chi connectivity index (χ3v) is 6.02. The van der Waals surface area contributed by atoms with E-state index in [1.165, 1.54) is 38.5 Å². The summed E-state index contributed by atoms with van der Waals surface area (Å²) in [6.07, 6.45) is 13.8. The summed E-state index contributed by atoms with van der Waals surface area (Å²) in [6.45, 7) is 2.99. The molecule has 0 aliphatic heterocycles. The molecular weight excluding hydrogens is 442 g/mol. The van der Waals surface area contributed by atoms with E-state index >= 15 is 0 Å². The predicted molar refractivity (Wildman–Crippen MR) is 139 cm³/mol. The summed E-state index contributed by atoms with van der Waals surface area (Å²) in [7, 11) is 0. The van der Waals surface area contributed by atoms with Gasteiger partial charge >= 0.3 is 11.6 Å². The molecule has 2 heterocycles. The molecule has 0 N–H and O–H groups in total. The average molecular weight is 480 g/mol. The average Bonchev–Trinajstić information content (AvgIpc) is 2.88. The second-order valence-electron chi connectivity index (χ2n) is 8.83. The molecule has 0 atom stereocenters. The van der Waals surface area contributed by atoms with Crippen LogP contribution in [0.25, 0.3) is 22.1 Å². The van der Waals surface area contributed by atoms with Gasteiger partial charge in [0.15, 0.2) is 0 Å². The summed E-state index contributed by atoms with van der Waals surface area (Å²) in [5.74, 6) is 0.382. The number of carbonyl (C=O) groups is 1. The number of aromatic nitrogens is 1. The molecule has 0 aliphatic rings. The van der Waals surface area contributed by atoms with Gasteiger partial charge in [-0.15, -0.1) is 0 Å². The molecule has 0 fully saturated rings. The summed E-state index contributed by atoms with van der Waals surface area (Å²) in [6, 6.07) is 13.0. The first-order valence-corrected chi connectivity index (χ1v) is 12.9. The number of fused-ring (bicyclic) bond motifs is 1. The zero-order chi connectivity index (χ0) is 24.7. The second-order valence-corrected chi connectivity index (χ2v) is 8.83. The van der Waals surface area contributed by atoms with E-state index in [2.05, 4.69) is 4.98 Å². The Hall–Kier alpha value is -3.15. The molecule has 6 nitrogen and oxygen atoms in total. The highest BCUT2D eigenvalue weighted by Crippen LogP contribution is 2.23. The van der Waals surface area contributed by atoms with E-state index < -0.39 is 0 Å². The minimum atomic E-state index is -0.363. The van der Waals surface area contributed by atoms with E-state index in [4.69, 9.17) is 13.9 Å². The maximum atomic E-state index is 12.4. The van der Waals surface area contributed by atoms with Crippen LogP contribution in [0.1, 0.15) is 77.6 Å². The lowest BCUT2D eigenvalue weighted by molar-refractivity contribution is -0.143. The number of esters is 1. The molecule has 3 rings (SSSR count). The lowest BCUT2D eigenvalue weighted by Gasteiger charge is -2.07. The number of rotatable bonds is 16. The van der Waals surface area contributed by atoms with Crippen LogP contribution in [-0.2, 0) is 9.53 Å². The number of benzene rings is 1. The Morgan fingerprint density at radius 1 is 0.857 bits per heavy atom. The molecule has 188 valence electrons. The van der Waals surface area contributed by atoms with Gasteiger partial charge in [-0.05, 0) is 24.5 Å². The molecule has 0 amide bonds. The van der Waals surface area contributed by atoms with Crippen molar-refractivity contribution >= 4 is 16.9 Å². The summed E-state index contributed by atoms with van der Waals surface area (Å²) in [4.78, 5) is 27.8. The number of hydrogen-bond acceptors (Lipinski definition) is 6. The number of unbranched alkanes of at least 4 members (excludes halogenated alkanes) is 9. The Morgan fingerprint density at radius 3 is 2.14 bits per heavy atom. The van der Waals surface area contributed by atoms with Crippen LogP contribution < -0.4 is 10.4 Å². The van der Waals surface area contributed by atoms with Crippen LogP contribution in [0.15, 0.2) is 57.9 Å². The first-order chi connectivity index (χ1) is 17.2. The Balaban J connectivity index is 1.26. The fourth-order valence-corrected chi connectivity index (χ4v) is 3.98. The van der Waals surface area contributed by atoms with E-state index in [1.54, 1.807) is 12.3 Å². The van der Waals surface area contributed by atoms with Gasteiger partial charge in [0.25, 0.3) is 0 Å². The first-order valence-electron chi connectivity index (χ1n) is 12.9. The third kappa shape index (κ3) is 9.19. The van der Waals surface area contributed by atoms with Crippen LogP contribution in [-0.4, -0.2) is 24.2 Å². The van der Waals surface area contributed by atoms with Crippen LogP contribution >= 0.6 is 0 Å². The van der Waals surface area contributed by atoms with Gasteiger partial charge in [0.05, 0.1) is 18.8 Å². The van der Waals surface area contributed by atoms with Crippen molar-refractivity contribution < 1.29 is 18.7 Å². The molecule has 0 unspecified atom stereocenters. The van der Waals surface area contributed by atoms with E-state index in [1.807, 2.05) is 43.3 Å². The second kappa shape index (κ2) is 15.0. The Morgan fingerprint density at radius 2 is 1.49 bits per heavy atom. The molecule has 0 aliphatic carbocycles. The minimum Gasteiger partial charge on any atom is -0.478 e. The molecule has 1 aromatic carbocycles. The maximum Gasteiger partial charge on any atom is 0.344 e.